The fourth-order valence-corrected chi connectivity index (χ4v) is 2.67. The summed E-state index contributed by atoms with van der Waals surface area (Å²) in [6.45, 7) is 7.77. The Kier molecular flexibility index (Phi) is 5.93. The summed E-state index contributed by atoms with van der Waals surface area (Å²) in [4.78, 5) is 1.37. The second kappa shape index (κ2) is 6.97. The van der Waals surface area contributed by atoms with Crippen LogP contribution < -0.4 is 5.32 Å². The van der Waals surface area contributed by atoms with Gasteiger partial charge < -0.3 is 5.32 Å². The van der Waals surface area contributed by atoms with E-state index in [1.165, 1.54) is 16.9 Å². The summed E-state index contributed by atoms with van der Waals surface area (Å²) in [7, 11) is 2.02. The minimum absolute atomic E-state index is 0.642. The molecule has 0 amide bonds. The third kappa shape index (κ3) is 4.18. The molecular formula is C14H23NS. The predicted octanol–water partition coefficient (Wildman–Crippen LogP) is 3.90. The smallest absolute Gasteiger partial charge is 0.00747 e. The summed E-state index contributed by atoms with van der Waals surface area (Å²) in [5.41, 5.74) is 1.45. The van der Waals surface area contributed by atoms with Gasteiger partial charge in [0, 0.05) is 16.7 Å². The van der Waals surface area contributed by atoms with Gasteiger partial charge >= 0.3 is 0 Å². The van der Waals surface area contributed by atoms with Crippen LogP contribution in [0.4, 0.5) is 0 Å². The van der Waals surface area contributed by atoms with Crippen molar-refractivity contribution >= 4 is 11.8 Å². The maximum absolute atomic E-state index is 3.26. The zero-order valence-corrected chi connectivity index (χ0v) is 11.6. The van der Waals surface area contributed by atoms with Crippen molar-refractivity contribution < 1.29 is 0 Å². The fraction of sp³-hybridized carbons (Fsp3) is 0.571. The molecule has 0 saturated heterocycles. The van der Waals surface area contributed by atoms with Crippen molar-refractivity contribution in [2.45, 2.75) is 43.3 Å². The number of thioether (sulfide) groups is 1. The zero-order valence-electron chi connectivity index (χ0n) is 10.8. The molecule has 1 atom stereocenters. The van der Waals surface area contributed by atoms with Gasteiger partial charge in [-0.1, -0.05) is 32.9 Å². The quantitative estimate of drug-likeness (QED) is 0.753. The van der Waals surface area contributed by atoms with Crippen LogP contribution in [-0.4, -0.2) is 18.8 Å². The molecule has 2 heteroatoms. The topological polar surface area (TPSA) is 12.0 Å². The molecule has 0 spiro atoms. The number of hydrogen-bond donors (Lipinski definition) is 1. The Bertz CT molecular complexity index is 292. The molecule has 1 unspecified atom stereocenters. The van der Waals surface area contributed by atoms with E-state index in [1.807, 2.05) is 18.8 Å². The molecule has 0 aliphatic carbocycles. The van der Waals surface area contributed by atoms with Crippen LogP contribution in [0.1, 0.15) is 38.7 Å². The highest BCUT2D eigenvalue weighted by atomic mass is 32.2. The monoisotopic (exact) mass is 237 g/mol. The van der Waals surface area contributed by atoms with Gasteiger partial charge in [0.2, 0.25) is 0 Å². The molecule has 1 N–H and O–H groups in total. The SMILES string of the molecule is CCC(CNC)c1ccc(SC(C)C)cc1. The molecule has 90 valence electrons. The van der Waals surface area contributed by atoms with E-state index >= 15 is 0 Å². The Labute approximate surface area is 104 Å². The van der Waals surface area contributed by atoms with Crippen LogP contribution >= 0.6 is 11.8 Å². The third-order valence-electron chi connectivity index (χ3n) is 2.67. The van der Waals surface area contributed by atoms with Crippen LogP contribution in [0.15, 0.2) is 29.2 Å². The molecule has 1 aromatic rings. The van der Waals surface area contributed by atoms with E-state index in [2.05, 4.69) is 50.4 Å². The van der Waals surface area contributed by atoms with Crippen LogP contribution in [0.2, 0.25) is 0 Å². The molecule has 0 aromatic heterocycles. The van der Waals surface area contributed by atoms with Crippen molar-refractivity contribution in [3.8, 4) is 0 Å². The van der Waals surface area contributed by atoms with Crippen molar-refractivity contribution in [1.29, 1.82) is 0 Å². The van der Waals surface area contributed by atoms with Gasteiger partial charge in [-0.2, -0.15) is 0 Å². The Balaban J connectivity index is 2.69. The largest absolute Gasteiger partial charge is 0.319 e. The van der Waals surface area contributed by atoms with E-state index in [0.717, 1.165) is 6.54 Å². The molecule has 1 rings (SSSR count). The van der Waals surface area contributed by atoms with Gasteiger partial charge in [-0.3, -0.25) is 0 Å². The van der Waals surface area contributed by atoms with Gasteiger partial charge in [-0.05, 0) is 37.1 Å². The molecule has 1 nitrogen and oxygen atoms in total. The maximum Gasteiger partial charge on any atom is 0.00747 e. The molecule has 0 aliphatic rings. The predicted molar refractivity (Wildman–Crippen MR) is 74.4 cm³/mol. The second-order valence-electron chi connectivity index (χ2n) is 4.40. The molecular weight excluding hydrogens is 214 g/mol. The van der Waals surface area contributed by atoms with Crippen LogP contribution in [0.25, 0.3) is 0 Å². The van der Waals surface area contributed by atoms with E-state index < -0.39 is 0 Å². The second-order valence-corrected chi connectivity index (χ2v) is 6.05. The third-order valence-corrected chi connectivity index (χ3v) is 3.68. The summed E-state index contributed by atoms with van der Waals surface area (Å²) >= 11 is 1.92. The summed E-state index contributed by atoms with van der Waals surface area (Å²) in [5.74, 6) is 0.642. The van der Waals surface area contributed by atoms with Gasteiger partial charge in [-0.25, -0.2) is 0 Å². The highest BCUT2D eigenvalue weighted by molar-refractivity contribution is 7.99. The lowest BCUT2D eigenvalue weighted by atomic mass is 9.97. The Morgan fingerprint density at radius 1 is 1.19 bits per heavy atom. The van der Waals surface area contributed by atoms with Gasteiger partial charge in [0.15, 0.2) is 0 Å². The summed E-state index contributed by atoms with van der Waals surface area (Å²) in [6.07, 6.45) is 1.19. The van der Waals surface area contributed by atoms with E-state index in [9.17, 15) is 0 Å². The number of likely N-dealkylation sites (N-methyl/N-ethyl adjacent to an activating group) is 1. The normalized spacial score (nSPS) is 13.1. The zero-order chi connectivity index (χ0) is 12.0. The molecule has 0 saturated carbocycles. The lowest BCUT2D eigenvalue weighted by Crippen LogP contribution is -2.16. The summed E-state index contributed by atoms with van der Waals surface area (Å²) in [6, 6.07) is 9.04. The first-order valence-electron chi connectivity index (χ1n) is 6.08. The fourth-order valence-electron chi connectivity index (χ4n) is 1.84. The summed E-state index contributed by atoms with van der Waals surface area (Å²) < 4.78 is 0. The van der Waals surface area contributed by atoms with Crippen molar-refractivity contribution in [2.75, 3.05) is 13.6 Å². The van der Waals surface area contributed by atoms with Crippen LogP contribution in [0.3, 0.4) is 0 Å². The van der Waals surface area contributed by atoms with Crippen molar-refractivity contribution in [2.24, 2.45) is 0 Å². The number of rotatable bonds is 6. The molecule has 16 heavy (non-hydrogen) atoms. The number of nitrogens with one attached hydrogen (secondary N) is 1. The number of benzene rings is 1. The lowest BCUT2D eigenvalue weighted by molar-refractivity contribution is 0.611. The number of hydrogen-bond acceptors (Lipinski definition) is 2. The standard InChI is InChI=1S/C14H23NS/c1-5-12(10-15-4)13-6-8-14(9-7-13)16-11(2)3/h6-9,11-12,15H,5,10H2,1-4H3. The van der Waals surface area contributed by atoms with Gasteiger partial charge in [-0.15, -0.1) is 11.8 Å². The van der Waals surface area contributed by atoms with Gasteiger partial charge in [0.05, 0.1) is 0 Å². The minimum atomic E-state index is 0.642. The Morgan fingerprint density at radius 3 is 2.25 bits per heavy atom. The van der Waals surface area contributed by atoms with E-state index in [-0.39, 0.29) is 0 Å². The van der Waals surface area contributed by atoms with Gasteiger partial charge in [0.25, 0.3) is 0 Å². The van der Waals surface area contributed by atoms with E-state index in [1.54, 1.807) is 0 Å². The minimum Gasteiger partial charge on any atom is -0.319 e. The van der Waals surface area contributed by atoms with Crippen molar-refractivity contribution in [3.63, 3.8) is 0 Å². The van der Waals surface area contributed by atoms with Crippen molar-refractivity contribution in [3.05, 3.63) is 29.8 Å². The first kappa shape index (κ1) is 13.6. The molecule has 1 aromatic carbocycles. The molecule has 0 bridgehead atoms. The molecule has 0 aliphatic heterocycles. The average molecular weight is 237 g/mol. The van der Waals surface area contributed by atoms with E-state index in [0.29, 0.717) is 11.2 Å². The highest BCUT2D eigenvalue weighted by Gasteiger charge is 2.08. The lowest BCUT2D eigenvalue weighted by Gasteiger charge is -2.15. The summed E-state index contributed by atoms with van der Waals surface area (Å²) in [5, 5.41) is 3.92. The van der Waals surface area contributed by atoms with Crippen LogP contribution in [0.5, 0.6) is 0 Å². The molecule has 0 radical (unpaired) electrons. The van der Waals surface area contributed by atoms with Crippen LogP contribution in [-0.2, 0) is 0 Å². The molecule has 0 fully saturated rings. The van der Waals surface area contributed by atoms with Gasteiger partial charge in [0.1, 0.15) is 0 Å². The average Bonchev–Trinajstić information content (AvgIpc) is 2.26. The van der Waals surface area contributed by atoms with Crippen molar-refractivity contribution in [1.82, 2.24) is 5.32 Å². The van der Waals surface area contributed by atoms with Crippen LogP contribution in [0, 0.1) is 0 Å². The molecule has 0 heterocycles. The Morgan fingerprint density at radius 2 is 1.81 bits per heavy atom. The maximum atomic E-state index is 3.26. The highest BCUT2D eigenvalue weighted by Crippen LogP contribution is 2.26. The first-order chi connectivity index (χ1) is 7.67. The Hall–Kier alpha value is -0.470. The van der Waals surface area contributed by atoms with E-state index in [4.69, 9.17) is 0 Å². The first-order valence-corrected chi connectivity index (χ1v) is 6.96.